The van der Waals surface area contributed by atoms with Crippen LogP contribution in [0.2, 0.25) is 5.02 Å². The Hall–Kier alpha value is -3.31. The van der Waals surface area contributed by atoms with Crippen LogP contribution in [0.1, 0.15) is 27.0 Å². The predicted octanol–water partition coefficient (Wildman–Crippen LogP) is 5.54. The van der Waals surface area contributed by atoms with E-state index >= 15 is 0 Å². The summed E-state index contributed by atoms with van der Waals surface area (Å²) in [5.74, 6) is -0.0342. The summed E-state index contributed by atoms with van der Waals surface area (Å²) in [7, 11) is 0. The molecule has 0 aliphatic heterocycles. The van der Waals surface area contributed by atoms with Gasteiger partial charge in [0.15, 0.2) is 5.78 Å². The highest BCUT2D eigenvalue weighted by atomic mass is 35.5. The van der Waals surface area contributed by atoms with Crippen molar-refractivity contribution in [1.82, 2.24) is 9.97 Å². The molecule has 0 atom stereocenters. The first-order valence-corrected chi connectivity index (χ1v) is 9.32. The Labute approximate surface area is 172 Å². The van der Waals surface area contributed by atoms with Gasteiger partial charge in [-0.1, -0.05) is 23.7 Å². The normalized spacial score (nSPS) is 10.9. The minimum absolute atomic E-state index is 0.180. The number of fused-ring (bicyclic) bond motifs is 1. The highest BCUT2D eigenvalue weighted by Crippen LogP contribution is 2.31. The Kier molecular flexibility index (Phi) is 5.23. The molecule has 0 unspecified atom stereocenters. The number of benzene rings is 3. The largest absolute Gasteiger partial charge is 0.489 e. The molecule has 0 aliphatic rings. The maximum atomic E-state index is 13.4. The van der Waals surface area contributed by atoms with Crippen LogP contribution in [-0.4, -0.2) is 15.8 Å². The lowest BCUT2D eigenvalue weighted by molar-refractivity contribution is 0.103. The molecule has 0 N–H and O–H groups in total. The van der Waals surface area contributed by atoms with Crippen LogP contribution >= 0.6 is 11.6 Å². The Bertz CT molecular complexity index is 1230. The molecule has 0 bridgehead atoms. The lowest BCUT2D eigenvalue weighted by Crippen LogP contribution is -2.07. The van der Waals surface area contributed by atoms with E-state index in [2.05, 4.69) is 9.97 Å². The monoisotopic (exact) mass is 406 g/mol. The van der Waals surface area contributed by atoms with E-state index in [0.29, 0.717) is 44.1 Å². The van der Waals surface area contributed by atoms with Crippen LogP contribution in [0, 0.1) is 12.7 Å². The van der Waals surface area contributed by atoms with Gasteiger partial charge in [0.05, 0.1) is 16.1 Å². The van der Waals surface area contributed by atoms with Gasteiger partial charge in [-0.2, -0.15) is 0 Å². The van der Waals surface area contributed by atoms with E-state index in [1.165, 1.54) is 12.1 Å². The molecule has 0 radical (unpaired) electrons. The van der Waals surface area contributed by atoms with Gasteiger partial charge in [-0.25, -0.2) is 4.39 Å². The van der Waals surface area contributed by atoms with Gasteiger partial charge in [0.25, 0.3) is 0 Å². The number of ether oxygens (including phenoxy) is 1. The molecule has 0 fully saturated rings. The van der Waals surface area contributed by atoms with Crippen molar-refractivity contribution in [2.45, 2.75) is 13.5 Å². The first-order valence-electron chi connectivity index (χ1n) is 8.95. The van der Waals surface area contributed by atoms with Crippen molar-refractivity contribution >= 4 is 28.4 Å². The minimum Gasteiger partial charge on any atom is -0.489 e. The third kappa shape index (κ3) is 3.96. The quantitative estimate of drug-likeness (QED) is 0.408. The van der Waals surface area contributed by atoms with Gasteiger partial charge < -0.3 is 4.74 Å². The molecule has 29 heavy (non-hydrogen) atoms. The number of hydrogen-bond acceptors (Lipinski definition) is 4. The van der Waals surface area contributed by atoms with Gasteiger partial charge in [-0.05, 0) is 55.0 Å². The van der Waals surface area contributed by atoms with Crippen molar-refractivity contribution in [3.63, 3.8) is 0 Å². The molecular weight excluding hydrogens is 391 g/mol. The molecule has 0 aliphatic carbocycles. The fourth-order valence-corrected chi connectivity index (χ4v) is 3.42. The van der Waals surface area contributed by atoms with Crippen molar-refractivity contribution in [3.8, 4) is 5.75 Å². The van der Waals surface area contributed by atoms with Crippen LogP contribution in [0.15, 0.2) is 67.0 Å². The second kappa shape index (κ2) is 7.97. The Morgan fingerprint density at radius 1 is 1.03 bits per heavy atom. The van der Waals surface area contributed by atoms with Gasteiger partial charge in [-0.15, -0.1) is 0 Å². The zero-order valence-electron chi connectivity index (χ0n) is 15.5. The molecule has 4 nitrogen and oxygen atoms in total. The van der Waals surface area contributed by atoms with Crippen LogP contribution in [0.4, 0.5) is 4.39 Å². The number of carbonyl (C=O) groups excluding carboxylic acids is 1. The Balaban J connectivity index is 1.65. The van der Waals surface area contributed by atoms with Crippen LogP contribution in [0.25, 0.3) is 11.0 Å². The summed E-state index contributed by atoms with van der Waals surface area (Å²) in [5.41, 5.74) is 3.49. The second-order valence-electron chi connectivity index (χ2n) is 6.55. The molecule has 0 spiro atoms. The summed E-state index contributed by atoms with van der Waals surface area (Å²) in [5, 5.41) is 0.338. The van der Waals surface area contributed by atoms with E-state index in [4.69, 9.17) is 16.3 Å². The molecule has 1 heterocycles. The second-order valence-corrected chi connectivity index (χ2v) is 6.96. The van der Waals surface area contributed by atoms with Crippen LogP contribution in [0.3, 0.4) is 0 Å². The number of nitrogens with zero attached hydrogens (tertiary/aromatic N) is 2. The van der Waals surface area contributed by atoms with Gasteiger partial charge in [0.2, 0.25) is 0 Å². The summed E-state index contributed by atoms with van der Waals surface area (Å²) in [4.78, 5) is 21.6. The molecule has 0 amide bonds. The van der Waals surface area contributed by atoms with Crippen molar-refractivity contribution in [1.29, 1.82) is 0 Å². The SMILES string of the molecule is Cc1c(OCc2cccc(F)c2)ccc(Cl)c1C(=O)c1ccc2nccnc2c1. The highest BCUT2D eigenvalue weighted by Gasteiger charge is 2.19. The molecule has 0 saturated carbocycles. The van der Waals surface area contributed by atoms with E-state index in [9.17, 15) is 9.18 Å². The number of rotatable bonds is 5. The number of hydrogen-bond donors (Lipinski definition) is 0. The lowest BCUT2D eigenvalue weighted by Gasteiger charge is -2.14. The van der Waals surface area contributed by atoms with Crippen molar-refractivity contribution < 1.29 is 13.9 Å². The first-order chi connectivity index (χ1) is 14.0. The summed E-state index contributed by atoms with van der Waals surface area (Å²) in [6.45, 7) is 1.96. The van der Waals surface area contributed by atoms with E-state index < -0.39 is 0 Å². The summed E-state index contributed by atoms with van der Waals surface area (Å²) >= 11 is 6.35. The molecule has 4 rings (SSSR count). The van der Waals surface area contributed by atoms with Crippen LogP contribution in [0.5, 0.6) is 5.75 Å². The minimum atomic E-state index is -0.325. The third-order valence-corrected chi connectivity index (χ3v) is 4.92. The number of aromatic nitrogens is 2. The maximum Gasteiger partial charge on any atom is 0.195 e. The lowest BCUT2D eigenvalue weighted by atomic mass is 9.98. The van der Waals surface area contributed by atoms with E-state index in [0.717, 1.165) is 0 Å². The smallest absolute Gasteiger partial charge is 0.195 e. The average Bonchev–Trinajstić information content (AvgIpc) is 2.73. The van der Waals surface area contributed by atoms with Gasteiger partial charge in [0.1, 0.15) is 18.2 Å². The fourth-order valence-electron chi connectivity index (χ4n) is 3.13. The standard InChI is InChI=1S/C23H16ClFN2O2/c1-14-21(29-13-15-3-2-4-17(25)11-15)8-6-18(24)22(14)23(28)16-5-7-19-20(12-16)27-10-9-26-19/h2-12H,13H2,1H3. The van der Waals surface area contributed by atoms with Crippen LogP contribution in [-0.2, 0) is 6.61 Å². The van der Waals surface area contributed by atoms with Crippen LogP contribution < -0.4 is 4.74 Å². The molecular formula is C23H16ClFN2O2. The first kappa shape index (κ1) is 19.0. The number of halogens is 2. The summed E-state index contributed by atoms with van der Waals surface area (Å²) < 4.78 is 19.2. The van der Waals surface area contributed by atoms with Crippen molar-refractivity contribution in [3.05, 3.63) is 100 Å². The molecule has 1 aromatic heterocycles. The van der Waals surface area contributed by atoms with Gasteiger partial charge in [-0.3, -0.25) is 14.8 Å². The van der Waals surface area contributed by atoms with E-state index in [1.54, 1.807) is 61.8 Å². The van der Waals surface area contributed by atoms with Crippen molar-refractivity contribution in [2.24, 2.45) is 0 Å². The van der Waals surface area contributed by atoms with E-state index in [1.807, 2.05) is 0 Å². The Morgan fingerprint density at radius 2 is 1.83 bits per heavy atom. The number of ketones is 1. The fraction of sp³-hybridized carbons (Fsp3) is 0.0870. The molecule has 0 saturated heterocycles. The Morgan fingerprint density at radius 3 is 2.62 bits per heavy atom. The summed E-state index contributed by atoms with van der Waals surface area (Å²) in [6.07, 6.45) is 3.18. The third-order valence-electron chi connectivity index (χ3n) is 4.61. The zero-order chi connectivity index (χ0) is 20.4. The topological polar surface area (TPSA) is 52.1 Å². The van der Waals surface area contributed by atoms with E-state index in [-0.39, 0.29) is 18.2 Å². The predicted molar refractivity (Wildman–Crippen MR) is 110 cm³/mol. The average molecular weight is 407 g/mol. The van der Waals surface area contributed by atoms with Gasteiger partial charge >= 0.3 is 0 Å². The molecule has 3 aromatic carbocycles. The summed E-state index contributed by atoms with van der Waals surface area (Å²) in [6, 6.07) is 14.7. The molecule has 6 heteroatoms. The number of carbonyl (C=O) groups is 1. The van der Waals surface area contributed by atoms with Gasteiger partial charge in [0, 0.05) is 29.1 Å². The maximum absolute atomic E-state index is 13.4. The van der Waals surface area contributed by atoms with Crippen molar-refractivity contribution in [2.75, 3.05) is 0 Å². The molecule has 144 valence electrons. The zero-order valence-corrected chi connectivity index (χ0v) is 16.3. The highest BCUT2D eigenvalue weighted by molar-refractivity contribution is 6.35. The molecule has 4 aromatic rings.